The number of rotatable bonds is 4. The van der Waals surface area contributed by atoms with Gasteiger partial charge >= 0.3 is 0 Å². The van der Waals surface area contributed by atoms with E-state index < -0.39 is 0 Å². The molecule has 1 aliphatic carbocycles. The Kier molecular flexibility index (Phi) is 3.10. The van der Waals surface area contributed by atoms with Crippen LogP contribution in [0.25, 0.3) is 10.2 Å². The maximum Gasteiger partial charge on any atom is 0.226 e. The molecule has 0 unspecified atom stereocenters. The molecule has 1 aliphatic heterocycles. The van der Waals surface area contributed by atoms with Crippen molar-refractivity contribution < 1.29 is 4.79 Å². The van der Waals surface area contributed by atoms with E-state index >= 15 is 0 Å². The van der Waals surface area contributed by atoms with Gasteiger partial charge in [0.15, 0.2) is 5.13 Å². The van der Waals surface area contributed by atoms with Gasteiger partial charge < -0.3 is 10.2 Å². The average Bonchev–Trinajstić information content (AvgIpc) is 3.13. The highest BCUT2D eigenvalue weighted by Gasteiger charge is 2.36. The van der Waals surface area contributed by atoms with Gasteiger partial charge in [-0.2, -0.15) is 0 Å². The van der Waals surface area contributed by atoms with Crippen LogP contribution in [0, 0.1) is 5.92 Å². The average molecular weight is 301 g/mol. The minimum atomic E-state index is 0.142. The van der Waals surface area contributed by atoms with Crippen molar-refractivity contribution in [2.45, 2.75) is 32.2 Å². The molecule has 0 spiro atoms. The molecule has 2 fully saturated rings. The summed E-state index contributed by atoms with van der Waals surface area (Å²) in [7, 11) is 0. The van der Waals surface area contributed by atoms with E-state index in [1.165, 1.54) is 10.3 Å². The lowest BCUT2D eigenvalue weighted by atomic mass is 10.00. The Balaban J connectivity index is 1.47. The van der Waals surface area contributed by atoms with Crippen molar-refractivity contribution in [2.75, 3.05) is 18.0 Å². The molecule has 0 atom stereocenters. The molecule has 2 aliphatic rings. The van der Waals surface area contributed by atoms with E-state index in [-0.39, 0.29) is 11.8 Å². The van der Waals surface area contributed by atoms with E-state index in [2.05, 4.69) is 35.3 Å². The Bertz CT molecular complexity index is 686. The van der Waals surface area contributed by atoms with Crippen LogP contribution in [0.1, 0.15) is 25.3 Å². The van der Waals surface area contributed by atoms with Crippen LogP contribution in [-0.2, 0) is 11.2 Å². The number of fused-ring (bicyclic) bond motifs is 1. The van der Waals surface area contributed by atoms with Crippen LogP contribution in [0.3, 0.4) is 0 Å². The van der Waals surface area contributed by atoms with Crippen molar-refractivity contribution in [2.24, 2.45) is 5.92 Å². The molecule has 110 valence electrons. The molecule has 2 aromatic rings. The smallest absolute Gasteiger partial charge is 0.226 e. The first-order valence-corrected chi connectivity index (χ1v) is 8.50. The summed E-state index contributed by atoms with van der Waals surface area (Å²) in [6.07, 6.45) is 3.31. The van der Waals surface area contributed by atoms with Crippen LogP contribution in [0.5, 0.6) is 0 Å². The standard InChI is InChI=1S/C16H19N3OS/c1-2-10-4-3-5-13-14(10)18-16(21-13)19-8-11(9-19)15(20)17-12-6-7-12/h3-5,11-12H,2,6-9H2,1H3,(H,17,20). The molecule has 5 heteroatoms. The highest BCUT2D eigenvalue weighted by molar-refractivity contribution is 7.22. The molecule has 1 aromatic heterocycles. The SMILES string of the molecule is CCc1cccc2sc(N3CC(C(=O)NC4CC4)C3)nc12. The highest BCUT2D eigenvalue weighted by Crippen LogP contribution is 2.34. The summed E-state index contributed by atoms with van der Waals surface area (Å²) in [6, 6.07) is 6.84. The Morgan fingerprint density at radius 1 is 1.43 bits per heavy atom. The molecular formula is C16H19N3OS. The third kappa shape index (κ3) is 2.39. The number of para-hydroxylation sites is 1. The van der Waals surface area contributed by atoms with Gasteiger partial charge in [0.25, 0.3) is 0 Å². The Labute approximate surface area is 128 Å². The molecule has 0 radical (unpaired) electrons. The van der Waals surface area contributed by atoms with Gasteiger partial charge in [-0.1, -0.05) is 30.4 Å². The fraction of sp³-hybridized carbons (Fsp3) is 0.500. The summed E-state index contributed by atoms with van der Waals surface area (Å²) in [5.74, 6) is 0.368. The minimum Gasteiger partial charge on any atom is -0.353 e. The molecule has 2 heterocycles. The van der Waals surface area contributed by atoms with Gasteiger partial charge in [0.1, 0.15) is 0 Å². The van der Waals surface area contributed by atoms with Gasteiger partial charge in [0.2, 0.25) is 5.91 Å². The van der Waals surface area contributed by atoms with Crippen LogP contribution in [0.15, 0.2) is 18.2 Å². The van der Waals surface area contributed by atoms with Crippen molar-refractivity contribution in [3.8, 4) is 0 Å². The van der Waals surface area contributed by atoms with E-state index in [1.807, 2.05) is 0 Å². The fourth-order valence-electron chi connectivity index (χ4n) is 2.76. The molecule has 0 bridgehead atoms. The first-order valence-electron chi connectivity index (χ1n) is 7.68. The van der Waals surface area contributed by atoms with Gasteiger partial charge in [-0.25, -0.2) is 4.98 Å². The predicted molar refractivity (Wildman–Crippen MR) is 85.9 cm³/mol. The number of hydrogen-bond acceptors (Lipinski definition) is 4. The van der Waals surface area contributed by atoms with E-state index in [0.29, 0.717) is 6.04 Å². The number of nitrogens with one attached hydrogen (secondary N) is 1. The number of nitrogens with zero attached hydrogens (tertiary/aromatic N) is 2. The number of hydrogen-bond donors (Lipinski definition) is 1. The lowest BCUT2D eigenvalue weighted by Gasteiger charge is -2.38. The first-order chi connectivity index (χ1) is 10.2. The lowest BCUT2D eigenvalue weighted by Crippen LogP contribution is -2.54. The molecule has 1 aromatic carbocycles. The van der Waals surface area contributed by atoms with E-state index in [1.54, 1.807) is 11.3 Å². The molecule has 1 N–H and O–H groups in total. The third-order valence-electron chi connectivity index (χ3n) is 4.32. The number of aryl methyl sites for hydroxylation is 1. The molecule has 1 saturated heterocycles. The summed E-state index contributed by atoms with van der Waals surface area (Å²) in [5, 5.41) is 4.15. The van der Waals surface area contributed by atoms with Crippen molar-refractivity contribution in [1.82, 2.24) is 10.3 Å². The first kappa shape index (κ1) is 13.1. The van der Waals surface area contributed by atoms with Crippen molar-refractivity contribution in [1.29, 1.82) is 0 Å². The summed E-state index contributed by atoms with van der Waals surface area (Å²) in [5.41, 5.74) is 2.43. The zero-order chi connectivity index (χ0) is 14.4. The number of amides is 1. The fourth-order valence-corrected chi connectivity index (χ4v) is 3.79. The Morgan fingerprint density at radius 3 is 2.95 bits per heavy atom. The minimum absolute atomic E-state index is 0.142. The number of anilines is 1. The van der Waals surface area contributed by atoms with Gasteiger partial charge in [-0.05, 0) is 30.9 Å². The second-order valence-corrected chi connectivity index (χ2v) is 7.01. The molecule has 4 nitrogen and oxygen atoms in total. The molecule has 4 rings (SSSR count). The summed E-state index contributed by atoms with van der Waals surface area (Å²) in [4.78, 5) is 19.0. The lowest BCUT2D eigenvalue weighted by molar-refractivity contribution is -0.125. The maximum atomic E-state index is 12.0. The Hall–Kier alpha value is -1.62. The number of benzene rings is 1. The van der Waals surface area contributed by atoms with E-state index in [0.717, 1.165) is 43.0 Å². The maximum absolute atomic E-state index is 12.0. The molecule has 1 saturated carbocycles. The van der Waals surface area contributed by atoms with E-state index in [4.69, 9.17) is 4.98 Å². The van der Waals surface area contributed by atoms with Crippen molar-refractivity contribution in [3.05, 3.63) is 23.8 Å². The Morgan fingerprint density at radius 2 is 2.24 bits per heavy atom. The molecular weight excluding hydrogens is 282 g/mol. The number of thiazole rings is 1. The van der Waals surface area contributed by atoms with Gasteiger partial charge in [-0.3, -0.25) is 4.79 Å². The van der Waals surface area contributed by atoms with Crippen molar-refractivity contribution >= 4 is 32.6 Å². The predicted octanol–water partition coefficient (Wildman–Crippen LogP) is 2.57. The largest absolute Gasteiger partial charge is 0.353 e. The van der Waals surface area contributed by atoms with Gasteiger partial charge in [0.05, 0.1) is 16.1 Å². The molecule has 1 amide bonds. The topological polar surface area (TPSA) is 45.2 Å². The van der Waals surface area contributed by atoms with Crippen LogP contribution in [-0.4, -0.2) is 30.0 Å². The van der Waals surface area contributed by atoms with E-state index in [9.17, 15) is 4.79 Å². The second kappa shape index (κ2) is 4.98. The van der Waals surface area contributed by atoms with Crippen LogP contribution in [0.2, 0.25) is 0 Å². The third-order valence-corrected chi connectivity index (χ3v) is 5.40. The normalized spacial score (nSPS) is 18.8. The van der Waals surface area contributed by atoms with Crippen LogP contribution >= 0.6 is 11.3 Å². The van der Waals surface area contributed by atoms with Crippen LogP contribution < -0.4 is 10.2 Å². The summed E-state index contributed by atoms with van der Waals surface area (Å²) >= 11 is 1.73. The van der Waals surface area contributed by atoms with Gasteiger partial charge in [0, 0.05) is 19.1 Å². The molecule has 21 heavy (non-hydrogen) atoms. The number of aromatic nitrogens is 1. The van der Waals surface area contributed by atoms with Crippen LogP contribution in [0.4, 0.5) is 5.13 Å². The summed E-state index contributed by atoms with van der Waals surface area (Å²) in [6.45, 7) is 3.77. The number of carbonyl (C=O) groups excluding carboxylic acids is 1. The monoisotopic (exact) mass is 301 g/mol. The number of carbonyl (C=O) groups is 1. The van der Waals surface area contributed by atoms with Gasteiger partial charge in [-0.15, -0.1) is 0 Å². The quantitative estimate of drug-likeness (QED) is 0.944. The zero-order valence-corrected chi connectivity index (χ0v) is 12.9. The highest BCUT2D eigenvalue weighted by atomic mass is 32.1. The zero-order valence-electron chi connectivity index (χ0n) is 12.1. The van der Waals surface area contributed by atoms with Crippen molar-refractivity contribution in [3.63, 3.8) is 0 Å². The summed E-state index contributed by atoms with van der Waals surface area (Å²) < 4.78 is 1.25. The second-order valence-electron chi connectivity index (χ2n) is 6.00.